The predicted octanol–water partition coefficient (Wildman–Crippen LogP) is 3.02. The first kappa shape index (κ1) is 15.8. The van der Waals surface area contributed by atoms with Crippen molar-refractivity contribution in [2.45, 2.75) is 18.6 Å². The average Bonchev–Trinajstić information content (AvgIpc) is 3.01. The molecule has 0 aliphatic carbocycles. The van der Waals surface area contributed by atoms with E-state index in [2.05, 4.69) is 0 Å². The highest BCUT2D eigenvalue weighted by atomic mass is 35.5. The Labute approximate surface area is 140 Å². The minimum Gasteiger partial charge on any atom is -0.476 e. The van der Waals surface area contributed by atoms with E-state index in [1.54, 1.807) is 29.2 Å². The summed E-state index contributed by atoms with van der Waals surface area (Å²) in [7, 11) is 0. The van der Waals surface area contributed by atoms with Gasteiger partial charge in [0.25, 0.3) is 5.91 Å². The number of likely N-dealkylation sites (tertiary alicyclic amines) is 1. The van der Waals surface area contributed by atoms with E-state index in [1.165, 1.54) is 0 Å². The van der Waals surface area contributed by atoms with Crippen molar-refractivity contribution in [3.8, 4) is 5.75 Å². The number of nitrogens with zero attached hydrogens (tertiary/aromatic N) is 1. The molecule has 1 amide bonds. The Bertz CT molecular complexity index is 660. The van der Waals surface area contributed by atoms with Crippen LogP contribution in [0.2, 0.25) is 5.02 Å². The second-order valence-electron chi connectivity index (χ2n) is 5.70. The van der Waals surface area contributed by atoms with E-state index in [0.717, 1.165) is 12.0 Å². The first-order valence-corrected chi connectivity index (χ1v) is 8.03. The highest BCUT2D eigenvalue weighted by Gasteiger charge is 2.31. The Hall–Kier alpha value is -2.04. The van der Waals surface area contributed by atoms with Crippen LogP contribution in [0, 0.1) is 0 Å². The molecule has 120 valence electrons. The molecule has 1 aliphatic rings. The molecule has 1 aliphatic heterocycles. The van der Waals surface area contributed by atoms with Gasteiger partial charge in [0.2, 0.25) is 6.10 Å². The lowest BCUT2D eigenvalue weighted by atomic mass is 10.1. The maximum atomic E-state index is 12.9. The van der Waals surface area contributed by atoms with Crippen LogP contribution < -0.4 is 10.5 Å². The Morgan fingerprint density at radius 2 is 1.87 bits per heavy atom. The van der Waals surface area contributed by atoms with Gasteiger partial charge in [-0.25, -0.2) is 0 Å². The van der Waals surface area contributed by atoms with Gasteiger partial charge in [0.1, 0.15) is 5.75 Å². The molecular weight excluding hydrogens is 312 g/mol. The van der Waals surface area contributed by atoms with E-state index in [0.29, 0.717) is 23.9 Å². The predicted molar refractivity (Wildman–Crippen MR) is 90.4 cm³/mol. The monoisotopic (exact) mass is 330 g/mol. The largest absolute Gasteiger partial charge is 0.476 e. The van der Waals surface area contributed by atoms with Gasteiger partial charge in [0, 0.05) is 29.7 Å². The third-order valence-electron chi connectivity index (χ3n) is 3.93. The number of nitrogens with two attached hydrogens (primary N) is 1. The van der Waals surface area contributed by atoms with Gasteiger partial charge in [-0.2, -0.15) is 0 Å². The number of amides is 1. The maximum Gasteiger partial charge on any atom is 0.268 e. The third kappa shape index (κ3) is 3.84. The van der Waals surface area contributed by atoms with Crippen molar-refractivity contribution in [1.29, 1.82) is 0 Å². The maximum absolute atomic E-state index is 12.9. The fourth-order valence-corrected chi connectivity index (χ4v) is 2.82. The fraction of sp³-hybridized carbons (Fsp3) is 0.278. The molecule has 0 saturated carbocycles. The van der Waals surface area contributed by atoms with Crippen LogP contribution >= 0.6 is 11.6 Å². The molecule has 1 saturated heterocycles. The molecule has 2 atom stereocenters. The highest BCUT2D eigenvalue weighted by Crippen LogP contribution is 2.26. The molecule has 1 heterocycles. The molecule has 2 N–H and O–H groups in total. The van der Waals surface area contributed by atoms with Crippen LogP contribution in [0.15, 0.2) is 54.6 Å². The quantitative estimate of drug-likeness (QED) is 0.937. The minimum atomic E-state index is -0.678. The van der Waals surface area contributed by atoms with Crippen molar-refractivity contribution in [2.24, 2.45) is 5.73 Å². The lowest BCUT2D eigenvalue weighted by Crippen LogP contribution is -2.37. The first-order chi connectivity index (χ1) is 11.1. The van der Waals surface area contributed by atoms with E-state index >= 15 is 0 Å². The van der Waals surface area contributed by atoms with Gasteiger partial charge in [0.05, 0.1) is 0 Å². The van der Waals surface area contributed by atoms with Gasteiger partial charge in [0.15, 0.2) is 0 Å². The van der Waals surface area contributed by atoms with Gasteiger partial charge in [-0.05, 0) is 30.7 Å². The van der Waals surface area contributed by atoms with Gasteiger partial charge in [-0.3, -0.25) is 4.79 Å². The standard InChI is InChI=1S/C18H19ClN2O2/c19-14-6-8-16(9-7-14)23-17(13-4-2-1-3-5-13)18(22)21-11-10-15(20)12-21/h1-9,15,17H,10-12,20H2/t15-,17?/m1/s1. The normalized spacial score (nSPS) is 18.7. The Morgan fingerprint density at radius 3 is 2.48 bits per heavy atom. The summed E-state index contributed by atoms with van der Waals surface area (Å²) in [5.41, 5.74) is 6.75. The minimum absolute atomic E-state index is 0.0471. The molecule has 2 aromatic carbocycles. The number of carbonyl (C=O) groups is 1. The van der Waals surface area contributed by atoms with Crippen molar-refractivity contribution < 1.29 is 9.53 Å². The zero-order valence-corrected chi connectivity index (χ0v) is 13.4. The summed E-state index contributed by atoms with van der Waals surface area (Å²) in [6, 6.07) is 16.6. The van der Waals surface area contributed by atoms with Crippen LogP contribution in [-0.2, 0) is 4.79 Å². The van der Waals surface area contributed by atoms with Gasteiger partial charge in [-0.15, -0.1) is 0 Å². The summed E-state index contributed by atoms with van der Waals surface area (Å²) in [6.07, 6.45) is 0.149. The van der Waals surface area contributed by atoms with Crippen molar-refractivity contribution in [1.82, 2.24) is 4.90 Å². The van der Waals surface area contributed by atoms with Gasteiger partial charge in [-0.1, -0.05) is 41.9 Å². The summed E-state index contributed by atoms with van der Waals surface area (Å²) in [6.45, 7) is 1.25. The van der Waals surface area contributed by atoms with E-state index in [-0.39, 0.29) is 11.9 Å². The Balaban J connectivity index is 1.84. The summed E-state index contributed by atoms with van der Waals surface area (Å²) >= 11 is 5.90. The Kier molecular flexibility index (Phi) is 4.84. The van der Waals surface area contributed by atoms with Crippen molar-refractivity contribution in [2.75, 3.05) is 13.1 Å². The molecule has 0 bridgehead atoms. The summed E-state index contributed by atoms with van der Waals surface area (Å²) in [5.74, 6) is 0.555. The topological polar surface area (TPSA) is 55.6 Å². The summed E-state index contributed by atoms with van der Waals surface area (Å²) < 4.78 is 5.97. The zero-order chi connectivity index (χ0) is 16.2. The zero-order valence-electron chi connectivity index (χ0n) is 12.7. The SMILES string of the molecule is N[C@@H]1CCN(C(=O)C(Oc2ccc(Cl)cc2)c2ccccc2)C1. The average molecular weight is 331 g/mol. The second kappa shape index (κ2) is 7.02. The number of hydrogen-bond acceptors (Lipinski definition) is 3. The van der Waals surface area contributed by atoms with Gasteiger partial charge < -0.3 is 15.4 Å². The molecule has 0 spiro atoms. The molecule has 0 radical (unpaired) electrons. The lowest BCUT2D eigenvalue weighted by molar-refractivity contribution is -0.138. The van der Waals surface area contributed by atoms with Crippen molar-refractivity contribution in [3.05, 3.63) is 65.2 Å². The van der Waals surface area contributed by atoms with E-state index in [1.807, 2.05) is 30.3 Å². The molecule has 0 aromatic heterocycles. The third-order valence-corrected chi connectivity index (χ3v) is 4.18. The first-order valence-electron chi connectivity index (χ1n) is 7.65. The number of ether oxygens (including phenoxy) is 1. The number of benzene rings is 2. The second-order valence-corrected chi connectivity index (χ2v) is 6.13. The Morgan fingerprint density at radius 1 is 1.17 bits per heavy atom. The van der Waals surface area contributed by atoms with Crippen LogP contribution in [0.4, 0.5) is 0 Å². The molecular formula is C18H19ClN2O2. The van der Waals surface area contributed by atoms with Crippen LogP contribution in [0.3, 0.4) is 0 Å². The smallest absolute Gasteiger partial charge is 0.268 e. The van der Waals surface area contributed by atoms with E-state index < -0.39 is 6.10 Å². The van der Waals surface area contributed by atoms with Crippen molar-refractivity contribution >= 4 is 17.5 Å². The van der Waals surface area contributed by atoms with Crippen LogP contribution in [0.5, 0.6) is 5.75 Å². The highest BCUT2D eigenvalue weighted by molar-refractivity contribution is 6.30. The number of rotatable bonds is 4. The molecule has 3 rings (SSSR count). The van der Waals surface area contributed by atoms with Gasteiger partial charge >= 0.3 is 0 Å². The molecule has 23 heavy (non-hydrogen) atoms. The molecule has 2 aromatic rings. The number of halogens is 1. The number of hydrogen-bond donors (Lipinski definition) is 1. The summed E-state index contributed by atoms with van der Waals surface area (Å²) in [4.78, 5) is 14.7. The molecule has 4 nitrogen and oxygen atoms in total. The van der Waals surface area contributed by atoms with E-state index in [4.69, 9.17) is 22.1 Å². The van der Waals surface area contributed by atoms with E-state index in [9.17, 15) is 4.79 Å². The lowest BCUT2D eigenvalue weighted by Gasteiger charge is -2.24. The molecule has 1 unspecified atom stereocenters. The molecule has 1 fully saturated rings. The van der Waals surface area contributed by atoms with Crippen LogP contribution in [0.1, 0.15) is 18.1 Å². The van der Waals surface area contributed by atoms with Crippen LogP contribution in [0.25, 0.3) is 0 Å². The fourth-order valence-electron chi connectivity index (χ4n) is 2.69. The van der Waals surface area contributed by atoms with Crippen molar-refractivity contribution in [3.63, 3.8) is 0 Å². The molecule has 5 heteroatoms. The number of carbonyl (C=O) groups excluding carboxylic acids is 1. The summed E-state index contributed by atoms with van der Waals surface area (Å²) in [5, 5.41) is 0.630. The van der Waals surface area contributed by atoms with Crippen LogP contribution in [-0.4, -0.2) is 29.9 Å².